The van der Waals surface area contributed by atoms with Crippen LogP contribution in [0.25, 0.3) is 22.6 Å². The van der Waals surface area contributed by atoms with Gasteiger partial charge in [-0.15, -0.1) is 0 Å². The van der Waals surface area contributed by atoms with Gasteiger partial charge in [0, 0.05) is 11.1 Å². The van der Waals surface area contributed by atoms with Crippen LogP contribution in [0.2, 0.25) is 5.02 Å². The quantitative estimate of drug-likeness (QED) is 0.702. The predicted molar refractivity (Wildman–Crippen MR) is 61.3 cm³/mol. The molecule has 1 aromatic carbocycles. The van der Waals surface area contributed by atoms with Gasteiger partial charge in [-0.3, -0.25) is 0 Å². The van der Waals surface area contributed by atoms with Gasteiger partial charge in [0.25, 0.3) is 0 Å². The molecule has 0 fully saturated rings. The maximum atomic E-state index is 5.90. The number of rotatable bonds is 1. The van der Waals surface area contributed by atoms with Crippen molar-refractivity contribution in [3.05, 3.63) is 35.0 Å². The number of imidazole rings is 1. The molecule has 80 valence electrons. The minimum absolute atomic E-state index is 0.680. The van der Waals surface area contributed by atoms with Crippen molar-refractivity contribution in [2.45, 2.75) is 6.92 Å². The number of hydrogen-bond acceptors (Lipinski definition) is 3. The van der Waals surface area contributed by atoms with Gasteiger partial charge in [0.1, 0.15) is 11.5 Å². The number of benzene rings is 1. The van der Waals surface area contributed by atoms with E-state index in [9.17, 15) is 0 Å². The number of aryl methyl sites for hydroxylation is 1. The molecule has 0 saturated heterocycles. The monoisotopic (exact) mass is 233 g/mol. The molecule has 0 spiro atoms. The maximum absolute atomic E-state index is 5.90. The molecule has 0 radical (unpaired) electrons. The molecule has 16 heavy (non-hydrogen) atoms. The lowest BCUT2D eigenvalue weighted by molar-refractivity contribution is 0.399. The van der Waals surface area contributed by atoms with Crippen LogP contribution in [0.1, 0.15) is 5.76 Å². The molecule has 3 aromatic rings. The van der Waals surface area contributed by atoms with Gasteiger partial charge < -0.3 is 9.51 Å². The highest BCUT2D eigenvalue weighted by Crippen LogP contribution is 2.22. The van der Waals surface area contributed by atoms with Gasteiger partial charge in [0.05, 0.1) is 11.0 Å². The van der Waals surface area contributed by atoms with Gasteiger partial charge in [-0.2, -0.15) is 0 Å². The molecule has 0 aliphatic carbocycles. The molecule has 0 atom stereocenters. The number of nitrogens with one attached hydrogen (secondary N) is 1. The van der Waals surface area contributed by atoms with Gasteiger partial charge in [0.2, 0.25) is 0 Å². The van der Waals surface area contributed by atoms with E-state index in [2.05, 4.69) is 15.1 Å². The summed E-state index contributed by atoms with van der Waals surface area (Å²) in [5, 5.41) is 4.58. The third-order valence-corrected chi connectivity index (χ3v) is 2.55. The summed E-state index contributed by atoms with van der Waals surface area (Å²) in [5.41, 5.74) is 2.45. The molecule has 5 heteroatoms. The van der Waals surface area contributed by atoms with Crippen molar-refractivity contribution in [3.63, 3.8) is 0 Å². The molecule has 3 rings (SSSR count). The normalized spacial score (nSPS) is 11.1. The standard InChI is InChI=1S/C11H8ClN3O/c1-6-4-10(15-16-6)11-13-8-3-2-7(12)5-9(8)14-11/h2-5H,1H3,(H,13,14). The second kappa shape index (κ2) is 3.35. The average molecular weight is 234 g/mol. The molecule has 0 bridgehead atoms. The minimum atomic E-state index is 0.680. The largest absolute Gasteiger partial charge is 0.361 e. The fourth-order valence-electron chi connectivity index (χ4n) is 1.58. The molecular weight excluding hydrogens is 226 g/mol. The van der Waals surface area contributed by atoms with Crippen molar-refractivity contribution in [1.29, 1.82) is 0 Å². The fraction of sp³-hybridized carbons (Fsp3) is 0.0909. The summed E-state index contributed by atoms with van der Waals surface area (Å²) >= 11 is 5.90. The van der Waals surface area contributed by atoms with Crippen LogP contribution < -0.4 is 0 Å². The second-order valence-corrected chi connectivity index (χ2v) is 4.01. The first-order chi connectivity index (χ1) is 7.72. The molecule has 0 unspecified atom stereocenters. The topological polar surface area (TPSA) is 54.7 Å². The summed E-state index contributed by atoms with van der Waals surface area (Å²) in [6.07, 6.45) is 0. The zero-order valence-corrected chi connectivity index (χ0v) is 9.25. The van der Waals surface area contributed by atoms with Crippen molar-refractivity contribution >= 4 is 22.6 Å². The van der Waals surface area contributed by atoms with Gasteiger partial charge >= 0.3 is 0 Å². The van der Waals surface area contributed by atoms with Crippen LogP contribution in [0.5, 0.6) is 0 Å². The van der Waals surface area contributed by atoms with Crippen LogP contribution in [0.15, 0.2) is 28.8 Å². The number of fused-ring (bicyclic) bond motifs is 1. The number of nitrogens with zero attached hydrogens (tertiary/aromatic N) is 2. The molecule has 4 nitrogen and oxygen atoms in total. The average Bonchev–Trinajstić information content (AvgIpc) is 2.83. The Balaban J connectivity index is 2.18. The third-order valence-electron chi connectivity index (χ3n) is 2.31. The van der Waals surface area contributed by atoms with E-state index in [0.717, 1.165) is 16.8 Å². The summed E-state index contributed by atoms with van der Waals surface area (Å²) in [6, 6.07) is 7.34. The van der Waals surface area contributed by atoms with E-state index in [1.54, 1.807) is 0 Å². The Morgan fingerprint density at radius 3 is 2.94 bits per heavy atom. The molecule has 2 aromatic heterocycles. The number of aromatic nitrogens is 3. The lowest BCUT2D eigenvalue weighted by Gasteiger charge is -1.87. The molecular formula is C11H8ClN3O. The van der Waals surface area contributed by atoms with Crippen LogP contribution >= 0.6 is 11.6 Å². The van der Waals surface area contributed by atoms with E-state index < -0.39 is 0 Å². The number of hydrogen-bond donors (Lipinski definition) is 1. The fourth-order valence-corrected chi connectivity index (χ4v) is 1.75. The first-order valence-electron chi connectivity index (χ1n) is 4.81. The van der Waals surface area contributed by atoms with Crippen LogP contribution in [0.4, 0.5) is 0 Å². The third kappa shape index (κ3) is 1.47. The molecule has 0 aliphatic rings. The predicted octanol–water partition coefficient (Wildman–Crippen LogP) is 3.18. The van der Waals surface area contributed by atoms with Crippen LogP contribution in [-0.4, -0.2) is 15.1 Å². The maximum Gasteiger partial charge on any atom is 0.160 e. The van der Waals surface area contributed by atoms with Crippen molar-refractivity contribution < 1.29 is 4.52 Å². The van der Waals surface area contributed by atoms with E-state index in [1.807, 2.05) is 31.2 Å². The van der Waals surface area contributed by atoms with Gasteiger partial charge in [-0.25, -0.2) is 4.98 Å². The lowest BCUT2D eigenvalue weighted by Crippen LogP contribution is -1.77. The molecule has 2 heterocycles. The Labute approximate surface area is 96.2 Å². The lowest BCUT2D eigenvalue weighted by atomic mass is 10.3. The van der Waals surface area contributed by atoms with E-state index in [-0.39, 0.29) is 0 Å². The van der Waals surface area contributed by atoms with Crippen LogP contribution in [0, 0.1) is 6.92 Å². The van der Waals surface area contributed by atoms with E-state index in [0.29, 0.717) is 16.5 Å². The smallest absolute Gasteiger partial charge is 0.160 e. The number of H-pyrrole nitrogens is 1. The minimum Gasteiger partial charge on any atom is -0.361 e. The van der Waals surface area contributed by atoms with Crippen molar-refractivity contribution in [2.75, 3.05) is 0 Å². The summed E-state index contributed by atoms with van der Waals surface area (Å²) < 4.78 is 5.00. The SMILES string of the molecule is Cc1cc(-c2nc3ccc(Cl)cc3[nH]2)no1. The Morgan fingerprint density at radius 2 is 2.19 bits per heavy atom. The summed E-state index contributed by atoms with van der Waals surface area (Å²) in [4.78, 5) is 7.55. The van der Waals surface area contributed by atoms with Crippen molar-refractivity contribution in [1.82, 2.24) is 15.1 Å². The Kier molecular flexibility index (Phi) is 1.97. The zero-order valence-electron chi connectivity index (χ0n) is 8.49. The summed E-state index contributed by atoms with van der Waals surface area (Å²) in [5.74, 6) is 1.45. The molecule has 1 N–H and O–H groups in total. The van der Waals surface area contributed by atoms with Gasteiger partial charge in [-0.05, 0) is 25.1 Å². The number of aromatic amines is 1. The highest BCUT2D eigenvalue weighted by molar-refractivity contribution is 6.31. The Morgan fingerprint density at radius 1 is 1.31 bits per heavy atom. The zero-order chi connectivity index (χ0) is 11.1. The molecule has 0 aliphatic heterocycles. The van der Waals surface area contributed by atoms with Gasteiger partial charge in [-0.1, -0.05) is 16.8 Å². The summed E-state index contributed by atoms with van der Waals surface area (Å²) in [6.45, 7) is 1.84. The second-order valence-electron chi connectivity index (χ2n) is 3.57. The first-order valence-corrected chi connectivity index (χ1v) is 5.19. The highest BCUT2D eigenvalue weighted by Gasteiger charge is 2.09. The Bertz CT molecular complexity index is 656. The van der Waals surface area contributed by atoms with Crippen molar-refractivity contribution in [3.8, 4) is 11.5 Å². The van der Waals surface area contributed by atoms with E-state index >= 15 is 0 Å². The first kappa shape index (κ1) is 9.42. The van der Waals surface area contributed by atoms with Crippen molar-refractivity contribution in [2.24, 2.45) is 0 Å². The molecule has 0 amide bonds. The van der Waals surface area contributed by atoms with E-state index in [1.165, 1.54) is 0 Å². The van der Waals surface area contributed by atoms with Gasteiger partial charge in [0.15, 0.2) is 5.82 Å². The van der Waals surface area contributed by atoms with E-state index in [4.69, 9.17) is 16.1 Å². The van der Waals surface area contributed by atoms with Crippen LogP contribution in [0.3, 0.4) is 0 Å². The Hall–Kier alpha value is -1.81. The summed E-state index contributed by atoms with van der Waals surface area (Å²) in [7, 11) is 0. The number of halogens is 1. The highest BCUT2D eigenvalue weighted by atomic mass is 35.5. The van der Waals surface area contributed by atoms with Crippen LogP contribution in [-0.2, 0) is 0 Å². The molecule has 0 saturated carbocycles.